The summed E-state index contributed by atoms with van der Waals surface area (Å²) in [5.41, 5.74) is 2.09. The number of guanidine groups is 1. The Balaban J connectivity index is 1.54. The molecule has 26 heavy (non-hydrogen) atoms. The average molecular weight is 350 g/mol. The maximum Gasteiger partial charge on any atom is 0.261 e. The summed E-state index contributed by atoms with van der Waals surface area (Å²) in [5, 5.41) is 6.46. The van der Waals surface area contributed by atoms with E-state index in [1.54, 1.807) is 31.3 Å². The number of hydrogen-bond acceptors (Lipinski definition) is 3. The summed E-state index contributed by atoms with van der Waals surface area (Å²) in [6.07, 6.45) is 0. The Hall–Kier alpha value is -3.15. The molecule has 134 valence electrons. The number of aliphatic imine (C=N–C) groups is 1. The minimum absolute atomic E-state index is 0.0849. The Labute approximate surface area is 152 Å². The molecule has 1 aliphatic heterocycles. The van der Waals surface area contributed by atoms with Crippen LogP contribution >= 0.6 is 0 Å². The van der Waals surface area contributed by atoms with E-state index in [-0.39, 0.29) is 24.4 Å². The fourth-order valence-corrected chi connectivity index (χ4v) is 2.95. The molecule has 0 radical (unpaired) electrons. The van der Waals surface area contributed by atoms with Gasteiger partial charge in [0, 0.05) is 20.1 Å². The molecule has 1 atom stereocenters. The first-order valence-electron chi connectivity index (χ1n) is 8.59. The number of imide groups is 1. The quantitative estimate of drug-likeness (QED) is 0.493. The van der Waals surface area contributed by atoms with Gasteiger partial charge in [-0.2, -0.15) is 0 Å². The maximum atomic E-state index is 12.3. The largest absolute Gasteiger partial charge is 0.355 e. The molecule has 2 N–H and O–H groups in total. The van der Waals surface area contributed by atoms with Crippen molar-refractivity contribution in [3.8, 4) is 0 Å². The van der Waals surface area contributed by atoms with Crippen LogP contribution in [0.3, 0.4) is 0 Å². The molecule has 3 rings (SSSR count). The van der Waals surface area contributed by atoms with E-state index in [1.165, 1.54) is 4.90 Å². The van der Waals surface area contributed by atoms with E-state index >= 15 is 0 Å². The van der Waals surface area contributed by atoms with E-state index in [9.17, 15) is 9.59 Å². The number of amides is 2. The van der Waals surface area contributed by atoms with Crippen LogP contribution in [0.5, 0.6) is 0 Å². The Kier molecular flexibility index (Phi) is 5.31. The maximum absolute atomic E-state index is 12.3. The molecule has 0 bridgehead atoms. The van der Waals surface area contributed by atoms with Crippen LogP contribution < -0.4 is 10.6 Å². The van der Waals surface area contributed by atoms with Crippen molar-refractivity contribution in [3.05, 3.63) is 71.3 Å². The normalized spacial score (nSPS) is 15.0. The number of hydrogen-bond donors (Lipinski definition) is 2. The highest BCUT2D eigenvalue weighted by Crippen LogP contribution is 2.21. The van der Waals surface area contributed by atoms with Crippen LogP contribution in [0.15, 0.2) is 59.6 Å². The summed E-state index contributed by atoms with van der Waals surface area (Å²) in [7, 11) is 1.69. The first kappa shape index (κ1) is 17.7. The lowest BCUT2D eigenvalue weighted by atomic mass is 10.1. The zero-order chi connectivity index (χ0) is 18.5. The third-order valence-corrected chi connectivity index (χ3v) is 4.38. The average Bonchev–Trinajstić information content (AvgIpc) is 2.93. The predicted molar refractivity (Wildman–Crippen MR) is 101 cm³/mol. The van der Waals surface area contributed by atoms with Crippen LogP contribution in [0.2, 0.25) is 0 Å². The molecule has 1 aliphatic rings. The molecular weight excluding hydrogens is 328 g/mol. The summed E-state index contributed by atoms with van der Waals surface area (Å²) < 4.78 is 0. The minimum atomic E-state index is -0.243. The summed E-state index contributed by atoms with van der Waals surface area (Å²) >= 11 is 0. The molecule has 1 heterocycles. The second-order valence-corrected chi connectivity index (χ2v) is 6.08. The van der Waals surface area contributed by atoms with Crippen LogP contribution in [0.4, 0.5) is 0 Å². The molecule has 0 spiro atoms. The van der Waals surface area contributed by atoms with Crippen molar-refractivity contribution in [3.63, 3.8) is 0 Å². The van der Waals surface area contributed by atoms with E-state index in [4.69, 9.17) is 0 Å². The highest BCUT2D eigenvalue weighted by atomic mass is 16.2. The molecule has 2 aromatic rings. The van der Waals surface area contributed by atoms with Crippen LogP contribution in [0.1, 0.15) is 39.2 Å². The Morgan fingerprint density at radius 2 is 1.58 bits per heavy atom. The van der Waals surface area contributed by atoms with Crippen LogP contribution in [0, 0.1) is 0 Å². The zero-order valence-corrected chi connectivity index (χ0v) is 14.9. The van der Waals surface area contributed by atoms with Crippen LogP contribution in [0.25, 0.3) is 0 Å². The highest BCUT2D eigenvalue weighted by molar-refractivity contribution is 6.21. The van der Waals surface area contributed by atoms with Gasteiger partial charge in [-0.25, -0.2) is 0 Å². The number of nitrogens with one attached hydrogen (secondary N) is 2. The number of nitrogens with zero attached hydrogens (tertiary/aromatic N) is 2. The van der Waals surface area contributed by atoms with Gasteiger partial charge < -0.3 is 10.6 Å². The summed E-state index contributed by atoms with van der Waals surface area (Å²) in [4.78, 5) is 30.2. The molecule has 0 saturated carbocycles. The van der Waals surface area contributed by atoms with Gasteiger partial charge in [-0.15, -0.1) is 0 Å². The van der Waals surface area contributed by atoms with Crippen LogP contribution in [-0.4, -0.2) is 42.8 Å². The predicted octanol–water partition coefficient (Wildman–Crippen LogP) is 2.21. The lowest BCUT2D eigenvalue weighted by Crippen LogP contribution is -2.43. The SMILES string of the molecule is CN=C(NCCN1C(=O)c2ccccc2C1=O)NC(C)c1ccccc1. The van der Waals surface area contributed by atoms with Crippen molar-refractivity contribution in [2.45, 2.75) is 13.0 Å². The first-order valence-corrected chi connectivity index (χ1v) is 8.59. The van der Waals surface area contributed by atoms with E-state index < -0.39 is 0 Å². The van der Waals surface area contributed by atoms with Crippen molar-refractivity contribution in [2.24, 2.45) is 4.99 Å². The lowest BCUT2D eigenvalue weighted by Gasteiger charge is -2.20. The number of carbonyl (C=O) groups excluding carboxylic acids is 2. The molecule has 6 heteroatoms. The van der Waals surface area contributed by atoms with Crippen LogP contribution in [-0.2, 0) is 0 Å². The molecule has 6 nitrogen and oxygen atoms in total. The molecule has 0 fully saturated rings. The second kappa shape index (κ2) is 7.82. The fraction of sp³-hybridized carbons (Fsp3) is 0.250. The molecule has 0 aliphatic carbocycles. The standard InChI is InChI=1S/C20H22N4O2/c1-14(15-8-4-3-5-9-15)23-20(21-2)22-12-13-24-18(25)16-10-6-7-11-17(16)19(24)26/h3-11,14H,12-13H2,1-2H3,(H2,21,22,23). The zero-order valence-electron chi connectivity index (χ0n) is 14.9. The highest BCUT2D eigenvalue weighted by Gasteiger charge is 2.34. The Morgan fingerprint density at radius 1 is 1.00 bits per heavy atom. The van der Waals surface area contributed by atoms with Crippen molar-refractivity contribution < 1.29 is 9.59 Å². The Bertz CT molecular complexity index is 798. The fourth-order valence-electron chi connectivity index (χ4n) is 2.95. The summed E-state index contributed by atoms with van der Waals surface area (Å²) in [5.74, 6) is 0.138. The molecule has 2 aromatic carbocycles. The van der Waals surface area contributed by atoms with Crippen molar-refractivity contribution >= 4 is 17.8 Å². The number of benzene rings is 2. The van der Waals surface area contributed by atoms with Gasteiger partial charge in [-0.3, -0.25) is 19.5 Å². The van der Waals surface area contributed by atoms with Gasteiger partial charge in [0.2, 0.25) is 0 Å². The van der Waals surface area contributed by atoms with Gasteiger partial charge in [-0.1, -0.05) is 42.5 Å². The first-order chi connectivity index (χ1) is 12.6. The third kappa shape index (κ3) is 3.59. The van der Waals surface area contributed by atoms with Gasteiger partial charge in [0.25, 0.3) is 11.8 Å². The van der Waals surface area contributed by atoms with E-state index in [1.807, 2.05) is 37.3 Å². The van der Waals surface area contributed by atoms with E-state index in [0.717, 1.165) is 5.56 Å². The third-order valence-electron chi connectivity index (χ3n) is 4.38. The van der Waals surface area contributed by atoms with E-state index in [0.29, 0.717) is 23.6 Å². The van der Waals surface area contributed by atoms with Gasteiger partial charge in [0.1, 0.15) is 0 Å². The topological polar surface area (TPSA) is 73.8 Å². The number of fused-ring (bicyclic) bond motifs is 1. The number of rotatable bonds is 5. The van der Waals surface area contributed by atoms with E-state index in [2.05, 4.69) is 15.6 Å². The molecule has 0 saturated heterocycles. The molecule has 1 unspecified atom stereocenters. The van der Waals surface area contributed by atoms with Gasteiger partial charge in [0.05, 0.1) is 17.2 Å². The summed E-state index contributed by atoms with van der Waals surface area (Å²) in [6, 6.07) is 17.0. The van der Waals surface area contributed by atoms with Gasteiger partial charge in [-0.05, 0) is 24.6 Å². The minimum Gasteiger partial charge on any atom is -0.355 e. The van der Waals surface area contributed by atoms with Gasteiger partial charge in [0.15, 0.2) is 5.96 Å². The summed E-state index contributed by atoms with van der Waals surface area (Å²) in [6.45, 7) is 2.76. The van der Waals surface area contributed by atoms with Gasteiger partial charge >= 0.3 is 0 Å². The molecular formula is C20H22N4O2. The van der Waals surface area contributed by atoms with Crippen molar-refractivity contribution in [1.82, 2.24) is 15.5 Å². The van der Waals surface area contributed by atoms with Crippen molar-refractivity contribution in [1.29, 1.82) is 0 Å². The lowest BCUT2D eigenvalue weighted by molar-refractivity contribution is 0.0657. The Morgan fingerprint density at radius 3 is 2.15 bits per heavy atom. The second-order valence-electron chi connectivity index (χ2n) is 6.08. The monoisotopic (exact) mass is 350 g/mol. The molecule has 2 amide bonds. The smallest absolute Gasteiger partial charge is 0.261 e. The molecule has 0 aromatic heterocycles. The van der Waals surface area contributed by atoms with Crippen molar-refractivity contribution in [2.75, 3.05) is 20.1 Å². The number of carbonyl (C=O) groups is 2.